The second-order valence-electron chi connectivity index (χ2n) is 3.51. The zero-order valence-corrected chi connectivity index (χ0v) is 10.0. The molecule has 7 heteroatoms. The van der Waals surface area contributed by atoms with Crippen LogP contribution in [0, 0.1) is 0 Å². The Bertz CT molecular complexity index is 348. The highest BCUT2D eigenvalue weighted by atomic mass is 16.5. The predicted octanol–water partition coefficient (Wildman–Crippen LogP) is -0.376. The van der Waals surface area contributed by atoms with Crippen molar-refractivity contribution in [3.8, 4) is 0 Å². The Hall–Kier alpha value is -1.44. The Morgan fingerprint density at radius 3 is 2.76 bits per heavy atom. The van der Waals surface area contributed by atoms with Crippen LogP contribution in [0.2, 0.25) is 0 Å². The fourth-order valence-corrected chi connectivity index (χ4v) is 1.34. The van der Waals surface area contributed by atoms with Gasteiger partial charge in [0.15, 0.2) is 5.82 Å². The van der Waals surface area contributed by atoms with Crippen molar-refractivity contribution in [1.82, 2.24) is 9.97 Å². The minimum Gasteiger partial charge on any atom is -0.394 e. The molecular weight excluding hydrogens is 224 g/mol. The summed E-state index contributed by atoms with van der Waals surface area (Å²) in [7, 11) is 3.12. The van der Waals surface area contributed by atoms with E-state index in [1.807, 2.05) is 0 Å². The molecule has 0 amide bonds. The summed E-state index contributed by atoms with van der Waals surface area (Å²) in [5, 5.41) is 12.1. The lowest BCUT2D eigenvalue weighted by atomic mass is 10.3. The lowest BCUT2D eigenvalue weighted by molar-refractivity contribution is 0.153. The minimum atomic E-state index is -0.232. The van der Waals surface area contributed by atoms with E-state index in [0.717, 1.165) is 0 Å². The number of anilines is 2. The number of aliphatic hydroxyl groups excluding tert-OH is 1. The van der Waals surface area contributed by atoms with Gasteiger partial charge in [0.2, 0.25) is 0 Å². The summed E-state index contributed by atoms with van der Waals surface area (Å²) < 4.78 is 9.89. The van der Waals surface area contributed by atoms with E-state index in [2.05, 4.69) is 15.3 Å². The molecule has 1 unspecified atom stereocenters. The molecule has 1 aromatic heterocycles. The number of rotatable bonds is 7. The maximum Gasteiger partial charge on any atom is 0.158 e. The van der Waals surface area contributed by atoms with Crippen LogP contribution in [0.4, 0.5) is 11.6 Å². The lowest BCUT2D eigenvalue weighted by Crippen LogP contribution is -2.29. The van der Waals surface area contributed by atoms with Gasteiger partial charge in [0.05, 0.1) is 19.3 Å². The second kappa shape index (κ2) is 7.00. The average molecular weight is 242 g/mol. The van der Waals surface area contributed by atoms with Gasteiger partial charge in [-0.1, -0.05) is 0 Å². The number of methoxy groups -OCH3 is 2. The van der Waals surface area contributed by atoms with E-state index in [1.54, 1.807) is 20.3 Å². The number of nitrogen functional groups attached to an aromatic ring is 1. The van der Waals surface area contributed by atoms with Crippen molar-refractivity contribution in [1.29, 1.82) is 0 Å². The van der Waals surface area contributed by atoms with Gasteiger partial charge in [-0.3, -0.25) is 0 Å². The van der Waals surface area contributed by atoms with Crippen LogP contribution in [-0.4, -0.2) is 48.5 Å². The summed E-state index contributed by atoms with van der Waals surface area (Å²) in [5.41, 5.74) is 5.64. The van der Waals surface area contributed by atoms with Crippen molar-refractivity contribution >= 4 is 11.6 Å². The van der Waals surface area contributed by atoms with Crippen LogP contribution in [0.15, 0.2) is 6.07 Å². The van der Waals surface area contributed by atoms with E-state index < -0.39 is 0 Å². The first kappa shape index (κ1) is 13.6. The summed E-state index contributed by atoms with van der Waals surface area (Å²) in [4.78, 5) is 8.21. The van der Waals surface area contributed by atoms with E-state index >= 15 is 0 Å². The van der Waals surface area contributed by atoms with Gasteiger partial charge in [0.1, 0.15) is 18.2 Å². The quantitative estimate of drug-likeness (QED) is 0.599. The molecule has 0 aromatic carbocycles. The van der Waals surface area contributed by atoms with Gasteiger partial charge in [0.25, 0.3) is 0 Å². The molecule has 0 spiro atoms. The SMILES string of the molecule is COCc1nc(N)cc(NC(CO)COC)n1. The molecule has 0 aliphatic heterocycles. The highest BCUT2D eigenvalue weighted by Gasteiger charge is 2.09. The van der Waals surface area contributed by atoms with Crippen molar-refractivity contribution in [2.24, 2.45) is 0 Å². The largest absolute Gasteiger partial charge is 0.394 e. The highest BCUT2D eigenvalue weighted by Crippen LogP contribution is 2.10. The van der Waals surface area contributed by atoms with Gasteiger partial charge >= 0.3 is 0 Å². The van der Waals surface area contributed by atoms with Gasteiger partial charge in [-0.25, -0.2) is 9.97 Å². The van der Waals surface area contributed by atoms with Crippen LogP contribution in [-0.2, 0) is 16.1 Å². The molecule has 0 aliphatic carbocycles. The lowest BCUT2D eigenvalue weighted by Gasteiger charge is -2.16. The first-order valence-corrected chi connectivity index (χ1v) is 5.18. The van der Waals surface area contributed by atoms with E-state index in [4.69, 9.17) is 20.3 Å². The Labute approximate surface area is 100.0 Å². The average Bonchev–Trinajstić information content (AvgIpc) is 2.28. The number of ether oxygens (including phenoxy) is 2. The zero-order valence-electron chi connectivity index (χ0n) is 10.0. The topological polar surface area (TPSA) is 103 Å². The molecule has 0 saturated carbocycles. The second-order valence-corrected chi connectivity index (χ2v) is 3.51. The maximum absolute atomic E-state index is 9.12. The molecule has 1 rings (SSSR count). The van der Waals surface area contributed by atoms with Crippen molar-refractivity contribution in [2.75, 3.05) is 38.5 Å². The van der Waals surface area contributed by atoms with Crippen LogP contribution in [0.3, 0.4) is 0 Å². The number of nitrogens with zero attached hydrogens (tertiary/aromatic N) is 2. The van der Waals surface area contributed by atoms with E-state index in [9.17, 15) is 0 Å². The summed E-state index contributed by atoms with van der Waals surface area (Å²) in [6.07, 6.45) is 0. The van der Waals surface area contributed by atoms with Gasteiger partial charge in [-0.2, -0.15) is 0 Å². The maximum atomic E-state index is 9.12. The molecule has 17 heavy (non-hydrogen) atoms. The summed E-state index contributed by atoms with van der Waals surface area (Å²) >= 11 is 0. The molecule has 96 valence electrons. The zero-order chi connectivity index (χ0) is 12.7. The van der Waals surface area contributed by atoms with Crippen molar-refractivity contribution < 1.29 is 14.6 Å². The summed E-state index contributed by atoms with van der Waals surface area (Å²) in [6.45, 7) is 0.602. The number of aromatic nitrogens is 2. The van der Waals surface area contributed by atoms with E-state index in [-0.39, 0.29) is 19.3 Å². The van der Waals surface area contributed by atoms with Crippen LogP contribution < -0.4 is 11.1 Å². The van der Waals surface area contributed by atoms with Gasteiger partial charge in [0, 0.05) is 20.3 Å². The number of aliphatic hydroxyl groups is 1. The molecule has 1 aromatic rings. The first-order chi connectivity index (χ1) is 8.19. The third-order valence-corrected chi connectivity index (χ3v) is 2.01. The van der Waals surface area contributed by atoms with Crippen LogP contribution in [0.5, 0.6) is 0 Å². The van der Waals surface area contributed by atoms with Gasteiger partial charge in [-0.05, 0) is 0 Å². The fourth-order valence-electron chi connectivity index (χ4n) is 1.34. The molecule has 1 atom stereocenters. The molecular formula is C10H18N4O3. The van der Waals surface area contributed by atoms with Crippen LogP contribution in [0.25, 0.3) is 0 Å². The Kier molecular flexibility index (Phi) is 5.61. The smallest absolute Gasteiger partial charge is 0.158 e. The molecule has 0 fully saturated rings. The molecule has 0 bridgehead atoms. The highest BCUT2D eigenvalue weighted by molar-refractivity contribution is 5.45. The third kappa shape index (κ3) is 4.51. The predicted molar refractivity (Wildman–Crippen MR) is 63.5 cm³/mol. The Morgan fingerprint density at radius 2 is 2.18 bits per heavy atom. The van der Waals surface area contributed by atoms with Gasteiger partial charge < -0.3 is 25.6 Å². The van der Waals surface area contributed by atoms with Crippen molar-refractivity contribution in [3.63, 3.8) is 0 Å². The molecule has 4 N–H and O–H groups in total. The normalized spacial score (nSPS) is 12.4. The first-order valence-electron chi connectivity index (χ1n) is 5.18. The van der Waals surface area contributed by atoms with E-state index in [0.29, 0.717) is 24.1 Å². The molecule has 0 saturated heterocycles. The standard InChI is InChI=1S/C10H18N4O3/c1-16-5-7(4-15)12-9-3-8(11)13-10(14-9)6-17-2/h3,7,15H,4-6H2,1-2H3,(H3,11,12,13,14). The molecule has 7 nitrogen and oxygen atoms in total. The van der Waals surface area contributed by atoms with Gasteiger partial charge in [-0.15, -0.1) is 0 Å². The fraction of sp³-hybridized carbons (Fsp3) is 0.600. The third-order valence-electron chi connectivity index (χ3n) is 2.01. The number of nitrogens with one attached hydrogen (secondary N) is 1. The summed E-state index contributed by atoms with van der Waals surface area (Å²) in [6, 6.07) is 1.36. The number of hydrogen-bond donors (Lipinski definition) is 3. The molecule has 0 aliphatic rings. The Morgan fingerprint density at radius 1 is 1.41 bits per heavy atom. The minimum absolute atomic E-state index is 0.0582. The van der Waals surface area contributed by atoms with Crippen molar-refractivity contribution in [3.05, 3.63) is 11.9 Å². The Balaban J connectivity index is 2.75. The van der Waals surface area contributed by atoms with Crippen LogP contribution in [0.1, 0.15) is 5.82 Å². The van der Waals surface area contributed by atoms with Crippen molar-refractivity contribution in [2.45, 2.75) is 12.6 Å². The van der Waals surface area contributed by atoms with E-state index in [1.165, 1.54) is 0 Å². The molecule has 0 radical (unpaired) electrons. The monoisotopic (exact) mass is 242 g/mol. The number of nitrogens with two attached hydrogens (primary N) is 1. The van der Waals surface area contributed by atoms with Crippen LogP contribution >= 0.6 is 0 Å². The summed E-state index contributed by atoms with van der Waals surface area (Å²) in [5.74, 6) is 1.38. The molecule has 1 heterocycles. The number of hydrogen-bond acceptors (Lipinski definition) is 7.